The van der Waals surface area contributed by atoms with Gasteiger partial charge in [-0.25, -0.2) is 0 Å². The van der Waals surface area contributed by atoms with E-state index in [2.05, 4.69) is 17.1 Å². The lowest BCUT2D eigenvalue weighted by molar-refractivity contribution is 0.209. The Labute approximate surface area is 126 Å². The minimum absolute atomic E-state index is 0.482. The summed E-state index contributed by atoms with van der Waals surface area (Å²) in [6, 6.07) is 6.18. The van der Waals surface area contributed by atoms with E-state index in [-0.39, 0.29) is 0 Å². The summed E-state index contributed by atoms with van der Waals surface area (Å²) in [5.74, 6) is 0. The van der Waals surface area contributed by atoms with E-state index in [9.17, 15) is 0 Å². The topological polar surface area (TPSA) is 15.3 Å². The van der Waals surface area contributed by atoms with Crippen molar-refractivity contribution in [3.8, 4) is 0 Å². The standard InChI is InChI=1S/C15H22Cl2N2/c1-12(11-19-5-3-2-4-6-19)18-10-13-7-14(16)9-15(17)8-13/h7-9,12,18H,2-6,10-11H2,1H3. The highest BCUT2D eigenvalue weighted by atomic mass is 35.5. The van der Waals surface area contributed by atoms with Crippen LogP contribution in [0.4, 0.5) is 0 Å². The highest BCUT2D eigenvalue weighted by Crippen LogP contribution is 2.19. The molecule has 1 aliphatic heterocycles. The summed E-state index contributed by atoms with van der Waals surface area (Å²) in [4.78, 5) is 2.55. The molecule has 0 saturated carbocycles. The average Bonchev–Trinajstić information content (AvgIpc) is 2.36. The number of nitrogens with zero attached hydrogens (tertiary/aromatic N) is 1. The molecule has 0 aromatic heterocycles. The second-order valence-electron chi connectivity index (χ2n) is 5.42. The lowest BCUT2D eigenvalue weighted by Gasteiger charge is -2.29. The Kier molecular flexibility index (Phi) is 5.96. The Morgan fingerprint density at radius 1 is 1.11 bits per heavy atom. The number of likely N-dealkylation sites (tertiary alicyclic amines) is 1. The van der Waals surface area contributed by atoms with Crippen LogP contribution in [0.1, 0.15) is 31.7 Å². The molecule has 1 aromatic carbocycles. The molecular formula is C15H22Cl2N2. The van der Waals surface area contributed by atoms with Gasteiger partial charge in [-0.3, -0.25) is 0 Å². The van der Waals surface area contributed by atoms with E-state index < -0.39 is 0 Å². The van der Waals surface area contributed by atoms with Crippen LogP contribution in [0.3, 0.4) is 0 Å². The number of piperidine rings is 1. The zero-order chi connectivity index (χ0) is 13.7. The quantitative estimate of drug-likeness (QED) is 0.885. The van der Waals surface area contributed by atoms with Crippen LogP contribution in [0, 0.1) is 0 Å². The van der Waals surface area contributed by atoms with Crippen molar-refractivity contribution in [3.05, 3.63) is 33.8 Å². The molecule has 1 atom stereocenters. The number of hydrogen-bond acceptors (Lipinski definition) is 2. The van der Waals surface area contributed by atoms with Crippen molar-refractivity contribution in [3.63, 3.8) is 0 Å². The van der Waals surface area contributed by atoms with Gasteiger partial charge in [-0.2, -0.15) is 0 Å². The fourth-order valence-electron chi connectivity index (χ4n) is 2.60. The molecule has 1 fully saturated rings. The molecule has 1 heterocycles. The second-order valence-corrected chi connectivity index (χ2v) is 6.29. The van der Waals surface area contributed by atoms with Crippen molar-refractivity contribution in [2.75, 3.05) is 19.6 Å². The van der Waals surface area contributed by atoms with Gasteiger partial charge in [0.05, 0.1) is 0 Å². The van der Waals surface area contributed by atoms with Gasteiger partial charge in [0.1, 0.15) is 0 Å². The summed E-state index contributed by atoms with van der Waals surface area (Å²) in [6.07, 6.45) is 4.08. The zero-order valence-electron chi connectivity index (χ0n) is 11.5. The van der Waals surface area contributed by atoms with Crippen LogP contribution >= 0.6 is 23.2 Å². The number of nitrogens with one attached hydrogen (secondary N) is 1. The molecule has 1 aromatic rings. The third kappa shape index (κ3) is 5.31. The first-order valence-corrected chi connectivity index (χ1v) is 7.80. The van der Waals surface area contributed by atoms with Gasteiger partial charge in [-0.1, -0.05) is 29.6 Å². The van der Waals surface area contributed by atoms with Gasteiger partial charge in [-0.05, 0) is 56.6 Å². The fourth-order valence-corrected chi connectivity index (χ4v) is 3.17. The van der Waals surface area contributed by atoms with E-state index >= 15 is 0 Å². The lowest BCUT2D eigenvalue weighted by Crippen LogP contribution is -2.41. The highest BCUT2D eigenvalue weighted by Gasteiger charge is 2.13. The molecule has 0 aliphatic carbocycles. The average molecular weight is 301 g/mol. The summed E-state index contributed by atoms with van der Waals surface area (Å²) in [7, 11) is 0. The van der Waals surface area contributed by atoms with Gasteiger partial charge in [-0.15, -0.1) is 0 Å². The van der Waals surface area contributed by atoms with Crippen molar-refractivity contribution in [1.82, 2.24) is 10.2 Å². The van der Waals surface area contributed by atoms with Crippen LogP contribution in [-0.4, -0.2) is 30.6 Å². The maximum atomic E-state index is 6.00. The Balaban J connectivity index is 1.77. The molecule has 1 unspecified atom stereocenters. The van der Waals surface area contributed by atoms with E-state index in [0.29, 0.717) is 16.1 Å². The summed E-state index contributed by atoms with van der Waals surface area (Å²) in [5.41, 5.74) is 1.14. The molecule has 106 valence electrons. The largest absolute Gasteiger partial charge is 0.309 e. The van der Waals surface area contributed by atoms with Crippen molar-refractivity contribution < 1.29 is 0 Å². The minimum atomic E-state index is 0.482. The second kappa shape index (κ2) is 7.49. The Morgan fingerprint density at radius 3 is 2.37 bits per heavy atom. The first-order chi connectivity index (χ1) is 9.13. The molecule has 2 rings (SSSR count). The van der Waals surface area contributed by atoms with Gasteiger partial charge < -0.3 is 10.2 Å². The van der Waals surface area contributed by atoms with Crippen molar-refractivity contribution in [2.45, 2.75) is 38.8 Å². The molecule has 0 bridgehead atoms. The zero-order valence-corrected chi connectivity index (χ0v) is 13.0. The maximum absolute atomic E-state index is 6.00. The van der Waals surface area contributed by atoms with Gasteiger partial charge in [0.15, 0.2) is 0 Å². The van der Waals surface area contributed by atoms with Crippen molar-refractivity contribution in [1.29, 1.82) is 0 Å². The molecule has 0 amide bonds. The van der Waals surface area contributed by atoms with Crippen LogP contribution in [0.2, 0.25) is 10.0 Å². The van der Waals surface area contributed by atoms with Crippen molar-refractivity contribution >= 4 is 23.2 Å². The number of benzene rings is 1. The predicted octanol–water partition coefficient (Wildman–Crippen LogP) is 3.96. The maximum Gasteiger partial charge on any atom is 0.0424 e. The number of rotatable bonds is 5. The molecule has 4 heteroatoms. The van der Waals surface area contributed by atoms with Crippen LogP contribution in [0.15, 0.2) is 18.2 Å². The number of hydrogen-bond donors (Lipinski definition) is 1. The molecule has 19 heavy (non-hydrogen) atoms. The van der Waals surface area contributed by atoms with E-state index in [4.69, 9.17) is 23.2 Å². The summed E-state index contributed by atoms with van der Waals surface area (Å²) in [5, 5.41) is 4.95. The van der Waals surface area contributed by atoms with E-state index in [1.807, 2.05) is 12.1 Å². The molecule has 1 N–H and O–H groups in total. The minimum Gasteiger partial charge on any atom is -0.309 e. The van der Waals surface area contributed by atoms with Crippen LogP contribution < -0.4 is 5.32 Å². The molecule has 0 spiro atoms. The van der Waals surface area contributed by atoms with E-state index in [1.165, 1.54) is 32.4 Å². The third-order valence-corrected chi connectivity index (χ3v) is 3.99. The van der Waals surface area contributed by atoms with Crippen molar-refractivity contribution in [2.24, 2.45) is 0 Å². The fraction of sp³-hybridized carbons (Fsp3) is 0.600. The molecule has 0 radical (unpaired) electrons. The summed E-state index contributed by atoms with van der Waals surface area (Å²) < 4.78 is 0. The Hall–Kier alpha value is -0.280. The van der Waals surface area contributed by atoms with Crippen LogP contribution in [-0.2, 0) is 6.54 Å². The van der Waals surface area contributed by atoms with E-state index in [0.717, 1.165) is 18.7 Å². The first-order valence-electron chi connectivity index (χ1n) is 7.04. The lowest BCUT2D eigenvalue weighted by atomic mass is 10.1. The van der Waals surface area contributed by atoms with E-state index in [1.54, 1.807) is 6.07 Å². The van der Waals surface area contributed by atoms with Gasteiger partial charge in [0.2, 0.25) is 0 Å². The van der Waals surface area contributed by atoms with Gasteiger partial charge in [0, 0.05) is 29.2 Å². The van der Waals surface area contributed by atoms with Crippen LogP contribution in [0.25, 0.3) is 0 Å². The Morgan fingerprint density at radius 2 is 1.74 bits per heavy atom. The SMILES string of the molecule is CC(CN1CCCCC1)NCc1cc(Cl)cc(Cl)c1. The summed E-state index contributed by atoms with van der Waals surface area (Å²) >= 11 is 12.0. The predicted molar refractivity (Wildman–Crippen MR) is 83.1 cm³/mol. The molecular weight excluding hydrogens is 279 g/mol. The smallest absolute Gasteiger partial charge is 0.0424 e. The van der Waals surface area contributed by atoms with Crippen LogP contribution in [0.5, 0.6) is 0 Å². The third-order valence-electron chi connectivity index (χ3n) is 3.56. The first kappa shape index (κ1) is 15.1. The molecule has 1 saturated heterocycles. The Bertz CT molecular complexity index is 383. The normalized spacial score (nSPS) is 18.5. The summed E-state index contributed by atoms with van der Waals surface area (Å²) in [6.45, 7) is 6.66. The number of halogens is 2. The van der Waals surface area contributed by atoms with Gasteiger partial charge in [0.25, 0.3) is 0 Å². The monoisotopic (exact) mass is 300 g/mol. The molecule has 1 aliphatic rings. The highest BCUT2D eigenvalue weighted by molar-refractivity contribution is 6.34. The molecule has 2 nitrogen and oxygen atoms in total. The van der Waals surface area contributed by atoms with Gasteiger partial charge >= 0.3 is 0 Å².